The van der Waals surface area contributed by atoms with Gasteiger partial charge in [-0.05, 0) is 29.8 Å². The van der Waals surface area contributed by atoms with E-state index in [1.54, 1.807) is 35.3 Å². The van der Waals surface area contributed by atoms with E-state index in [9.17, 15) is 0 Å². The molecule has 2 aromatic carbocycles. The Kier molecular flexibility index (Phi) is 8.94. The van der Waals surface area contributed by atoms with Crippen LogP contribution in [0.3, 0.4) is 0 Å². The maximum absolute atomic E-state index is 8.36. The second kappa shape index (κ2) is 11.2. The van der Waals surface area contributed by atoms with Gasteiger partial charge in [0.15, 0.2) is 0 Å². The van der Waals surface area contributed by atoms with E-state index in [-0.39, 0.29) is 6.10 Å². The van der Waals surface area contributed by atoms with Crippen molar-refractivity contribution in [2.24, 2.45) is 0 Å². The maximum Gasteiger partial charge on any atom is 0.291 e. The zero-order valence-electron chi connectivity index (χ0n) is 14.6. The van der Waals surface area contributed by atoms with Gasteiger partial charge in [0.25, 0.3) is 5.09 Å². The van der Waals surface area contributed by atoms with Crippen LogP contribution in [0.2, 0.25) is 20.1 Å². The number of hydrogen-bond donors (Lipinski definition) is 1. The van der Waals surface area contributed by atoms with Gasteiger partial charge in [0, 0.05) is 25.7 Å². The summed E-state index contributed by atoms with van der Waals surface area (Å²) in [7, 11) is 0. The molecule has 12 heteroatoms. The van der Waals surface area contributed by atoms with Gasteiger partial charge in [0.1, 0.15) is 18.8 Å². The molecule has 0 fully saturated rings. The van der Waals surface area contributed by atoms with Crippen molar-refractivity contribution in [3.05, 3.63) is 90.4 Å². The fourth-order valence-electron chi connectivity index (χ4n) is 2.33. The quantitative estimate of drug-likeness (QED) is 0.369. The van der Waals surface area contributed by atoms with Crippen LogP contribution in [0, 0.1) is 10.1 Å². The first-order chi connectivity index (χ1) is 13.8. The van der Waals surface area contributed by atoms with Gasteiger partial charge in [0.05, 0.1) is 13.2 Å². The van der Waals surface area contributed by atoms with E-state index in [0.29, 0.717) is 33.2 Å². The zero-order valence-corrected chi connectivity index (χ0v) is 17.6. The minimum atomic E-state index is -1.50. The normalized spacial score (nSPS) is 11.4. The molecule has 1 atom stereocenters. The summed E-state index contributed by atoms with van der Waals surface area (Å²) in [5, 5.41) is 20.0. The highest BCUT2D eigenvalue weighted by Gasteiger charge is 2.18. The van der Waals surface area contributed by atoms with Crippen molar-refractivity contribution in [2.75, 3.05) is 0 Å². The Morgan fingerprint density at radius 2 is 1.72 bits per heavy atom. The number of hydrogen-bond acceptors (Lipinski definition) is 5. The predicted octanol–water partition coefficient (Wildman–Crippen LogP) is 5.50. The van der Waals surface area contributed by atoms with Gasteiger partial charge in [-0.25, -0.2) is 4.98 Å². The highest BCUT2D eigenvalue weighted by atomic mass is 35.5. The van der Waals surface area contributed by atoms with Crippen molar-refractivity contribution < 1.29 is 15.0 Å². The van der Waals surface area contributed by atoms with Crippen LogP contribution in [0.25, 0.3) is 0 Å². The lowest BCUT2D eigenvalue weighted by Gasteiger charge is -2.20. The molecule has 0 aliphatic heterocycles. The largest absolute Gasteiger partial charge is 0.367 e. The highest BCUT2D eigenvalue weighted by Crippen LogP contribution is 2.31. The van der Waals surface area contributed by atoms with Crippen LogP contribution in [-0.2, 0) is 17.9 Å². The molecule has 1 heterocycles. The molecule has 1 N–H and O–H groups in total. The Hall–Kier alpha value is -2.10. The third-order valence-corrected chi connectivity index (χ3v) is 4.73. The van der Waals surface area contributed by atoms with Crippen LogP contribution >= 0.6 is 46.4 Å². The van der Waals surface area contributed by atoms with Crippen LogP contribution in [0.1, 0.15) is 17.2 Å². The van der Waals surface area contributed by atoms with E-state index < -0.39 is 5.09 Å². The van der Waals surface area contributed by atoms with Gasteiger partial charge in [-0.3, -0.25) is 4.68 Å². The second-order valence-corrected chi connectivity index (χ2v) is 7.24. The molecule has 0 saturated heterocycles. The molecule has 0 aliphatic carbocycles. The van der Waals surface area contributed by atoms with E-state index in [1.165, 1.54) is 6.33 Å². The number of nitrogens with zero attached hydrogens (tertiary/aromatic N) is 4. The third kappa shape index (κ3) is 7.68. The fourth-order valence-corrected chi connectivity index (χ4v) is 3.32. The predicted molar refractivity (Wildman–Crippen MR) is 109 cm³/mol. The summed E-state index contributed by atoms with van der Waals surface area (Å²) in [6.07, 6.45) is 2.74. The maximum atomic E-state index is 8.36. The molecule has 0 amide bonds. The SMILES string of the molecule is Clc1ccc(COC(Cn2cncn2)c2ccc(Cl)cc2Cl)c(Cl)c1.O=[N+]([O-])O. The minimum absolute atomic E-state index is 0.300. The molecule has 1 unspecified atom stereocenters. The van der Waals surface area contributed by atoms with E-state index in [2.05, 4.69) is 10.1 Å². The minimum Gasteiger partial charge on any atom is -0.367 e. The molecule has 154 valence electrons. The topological polar surface area (TPSA) is 103 Å². The molecule has 0 bridgehead atoms. The first kappa shape index (κ1) is 23.2. The van der Waals surface area contributed by atoms with Crippen LogP contribution < -0.4 is 0 Å². The summed E-state index contributed by atoms with van der Waals surface area (Å²) in [6.45, 7) is 0.751. The lowest BCUT2D eigenvalue weighted by molar-refractivity contribution is -0.742. The van der Waals surface area contributed by atoms with Crippen molar-refractivity contribution in [3.63, 3.8) is 0 Å². The van der Waals surface area contributed by atoms with Gasteiger partial charge < -0.3 is 9.94 Å². The molecule has 3 rings (SSSR count). The summed E-state index contributed by atoms with van der Waals surface area (Å²) >= 11 is 24.5. The average Bonchev–Trinajstić information content (AvgIpc) is 3.13. The molecular formula is C17H14Cl4N4O4. The van der Waals surface area contributed by atoms with E-state index >= 15 is 0 Å². The molecule has 8 nitrogen and oxygen atoms in total. The smallest absolute Gasteiger partial charge is 0.291 e. The third-order valence-electron chi connectivity index (χ3n) is 3.58. The molecule has 0 spiro atoms. The monoisotopic (exact) mass is 478 g/mol. The highest BCUT2D eigenvalue weighted by molar-refractivity contribution is 6.35. The van der Waals surface area contributed by atoms with Gasteiger partial charge >= 0.3 is 0 Å². The van der Waals surface area contributed by atoms with Crippen LogP contribution in [0.5, 0.6) is 0 Å². The number of ether oxygens (including phenoxy) is 1. The summed E-state index contributed by atoms with van der Waals surface area (Å²) in [5.41, 5.74) is 1.64. The number of benzene rings is 2. The van der Waals surface area contributed by atoms with Crippen LogP contribution in [-0.4, -0.2) is 25.1 Å². The van der Waals surface area contributed by atoms with E-state index in [0.717, 1.165) is 11.1 Å². The molecule has 3 aromatic rings. The standard InChI is InChI=1S/C17H13Cl4N3O.HNO3/c18-12-2-1-11(15(20)5-12)8-25-17(7-24-10-22-9-23-24)14-4-3-13(19)6-16(14)21;2-1(3)4/h1-6,9-10,17H,7-8H2;(H,2,3,4). The van der Waals surface area contributed by atoms with Gasteiger partial charge in [-0.15, -0.1) is 10.1 Å². The lowest BCUT2D eigenvalue weighted by atomic mass is 10.1. The van der Waals surface area contributed by atoms with Crippen molar-refractivity contribution in [3.8, 4) is 0 Å². The Balaban J connectivity index is 0.000000687. The van der Waals surface area contributed by atoms with E-state index in [1.807, 2.05) is 12.1 Å². The molecular weight excluding hydrogens is 466 g/mol. The summed E-state index contributed by atoms with van der Waals surface area (Å²) in [5.74, 6) is 0. The first-order valence-electron chi connectivity index (χ1n) is 7.92. The number of rotatable bonds is 6. The van der Waals surface area contributed by atoms with Crippen molar-refractivity contribution in [1.29, 1.82) is 0 Å². The van der Waals surface area contributed by atoms with Crippen molar-refractivity contribution in [2.45, 2.75) is 19.3 Å². The Labute approximate surface area is 185 Å². The van der Waals surface area contributed by atoms with Crippen molar-refractivity contribution in [1.82, 2.24) is 14.8 Å². The molecule has 29 heavy (non-hydrogen) atoms. The number of aromatic nitrogens is 3. The second-order valence-electron chi connectivity index (χ2n) is 5.56. The summed E-state index contributed by atoms with van der Waals surface area (Å²) in [6, 6.07) is 10.6. The molecule has 0 saturated carbocycles. The summed E-state index contributed by atoms with van der Waals surface area (Å²) in [4.78, 5) is 12.3. The summed E-state index contributed by atoms with van der Waals surface area (Å²) < 4.78 is 7.76. The first-order valence-corrected chi connectivity index (χ1v) is 9.43. The molecule has 0 aliphatic rings. The van der Waals surface area contributed by atoms with Crippen LogP contribution in [0.15, 0.2) is 49.1 Å². The van der Waals surface area contributed by atoms with Crippen LogP contribution in [0.4, 0.5) is 0 Å². The fraction of sp³-hybridized carbons (Fsp3) is 0.176. The molecule has 0 radical (unpaired) electrons. The number of halogens is 4. The Bertz CT molecular complexity index is 953. The van der Waals surface area contributed by atoms with Crippen molar-refractivity contribution >= 4 is 46.4 Å². The Morgan fingerprint density at radius 1 is 1.10 bits per heavy atom. The average molecular weight is 480 g/mol. The lowest BCUT2D eigenvalue weighted by Crippen LogP contribution is -2.14. The van der Waals surface area contributed by atoms with Gasteiger partial charge in [-0.2, -0.15) is 5.10 Å². The molecule has 1 aromatic heterocycles. The Morgan fingerprint density at radius 3 is 2.28 bits per heavy atom. The van der Waals surface area contributed by atoms with Gasteiger partial charge in [-0.1, -0.05) is 58.5 Å². The zero-order chi connectivity index (χ0) is 21.4. The van der Waals surface area contributed by atoms with Gasteiger partial charge in [0.2, 0.25) is 0 Å². The van der Waals surface area contributed by atoms with E-state index in [4.69, 9.17) is 66.5 Å².